The van der Waals surface area contributed by atoms with E-state index in [1.165, 1.54) is 0 Å². The molecular weight excluding hydrogens is 350 g/mol. The predicted octanol–water partition coefficient (Wildman–Crippen LogP) is 3.07. The van der Waals surface area contributed by atoms with E-state index < -0.39 is 0 Å². The average Bonchev–Trinajstić information content (AvgIpc) is 3.10. The van der Waals surface area contributed by atoms with Crippen LogP contribution in [0.2, 0.25) is 5.02 Å². The highest BCUT2D eigenvalue weighted by atomic mass is 35.5. The Kier molecular flexibility index (Phi) is 4.51. The van der Waals surface area contributed by atoms with Crippen LogP contribution in [0.25, 0.3) is 11.0 Å². The first-order valence-corrected chi connectivity index (χ1v) is 9.17. The molecule has 0 spiro atoms. The number of aromatic nitrogens is 3. The molecule has 0 saturated carbocycles. The molecule has 1 fully saturated rings. The number of carbonyl (C=O) groups excluding carboxylic acids is 1. The molecule has 0 unspecified atom stereocenters. The number of piperazine rings is 1. The van der Waals surface area contributed by atoms with Crippen molar-refractivity contribution in [3.05, 3.63) is 53.1 Å². The third-order valence-corrected chi connectivity index (χ3v) is 5.14. The summed E-state index contributed by atoms with van der Waals surface area (Å²) in [6, 6.07) is 13.4. The van der Waals surface area contributed by atoms with Gasteiger partial charge in [0.2, 0.25) is 0 Å². The van der Waals surface area contributed by atoms with E-state index in [1.807, 2.05) is 59.0 Å². The Hall–Kier alpha value is -2.60. The van der Waals surface area contributed by atoms with E-state index >= 15 is 0 Å². The molecule has 0 N–H and O–H groups in total. The highest BCUT2D eigenvalue weighted by Gasteiger charge is 2.23. The Morgan fingerprint density at radius 3 is 2.62 bits per heavy atom. The van der Waals surface area contributed by atoms with Crippen LogP contribution in [0.3, 0.4) is 0 Å². The number of para-hydroxylation sites is 1. The van der Waals surface area contributed by atoms with E-state index in [2.05, 4.69) is 15.2 Å². The third kappa shape index (κ3) is 3.01. The summed E-state index contributed by atoms with van der Waals surface area (Å²) in [7, 11) is 0. The van der Waals surface area contributed by atoms with E-state index in [0.29, 0.717) is 18.7 Å². The normalized spacial score (nSPS) is 14.8. The lowest BCUT2D eigenvalue weighted by molar-refractivity contribution is 0.0747. The van der Waals surface area contributed by atoms with Crippen LogP contribution in [0.5, 0.6) is 0 Å². The number of benzene rings is 2. The summed E-state index contributed by atoms with van der Waals surface area (Å²) < 4.78 is 1.83. The van der Waals surface area contributed by atoms with Gasteiger partial charge < -0.3 is 9.80 Å². The second-order valence-electron chi connectivity index (χ2n) is 6.34. The van der Waals surface area contributed by atoms with Gasteiger partial charge in [-0.1, -0.05) is 28.9 Å². The van der Waals surface area contributed by atoms with Crippen LogP contribution < -0.4 is 4.90 Å². The van der Waals surface area contributed by atoms with Crippen molar-refractivity contribution in [1.82, 2.24) is 19.9 Å². The van der Waals surface area contributed by atoms with Gasteiger partial charge in [-0.05, 0) is 37.3 Å². The van der Waals surface area contributed by atoms with Gasteiger partial charge in [-0.25, -0.2) is 4.68 Å². The van der Waals surface area contributed by atoms with Crippen molar-refractivity contribution in [3.63, 3.8) is 0 Å². The number of amides is 1. The minimum Gasteiger partial charge on any atom is -0.367 e. The molecular formula is C19H20ClN5O. The van der Waals surface area contributed by atoms with Gasteiger partial charge in [0.25, 0.3) is 5.91 Å². The molecule has 6 nitrogen and oxygen atoms in total. The number of aryl methyl sites for hydroxylation is 1. The maximum Gasteiger partial charge on any atom is 0.254 e. The number of halogens is 1. The second-order valence-corrected chi connectivity index (χ2v) is 6.75. The van der Waals surface area contributed by atoms with Crippen LogP contribution in [0.15, 0.2) is 42.5 Å². The molecule has 1 aliphatic heterocycles. The predicted molar refractivity (Wildman–Crippen MR) is 103 cm³/mol. The summed E-state index contributed by atoms with van der Waals surface area (Å²) in [5.74, 6) is 0.0387. The van der Waals surface area contributed by atoms with Gasteiger partial charge in [0.1, 0.15) is 5.52 Å². The molecule has 1 amide bonds. The molecule has 134 valence electrons. The number of hydrogen-bond acceptors (Lipinski definition) is 4. The largest absolute Gasteiger partial charge is 0.367 e. The quantitative estimate of drug-likeness (QED) is 0.712. The average molecular weight is 370 g/mol. The molecule has 3 aromatic rings. The van der Waals surface area contributed by atoms with E-state index in [0.717, 1.165) is 41.4 Å². The highest BCUT2D eigenvalue weighted by Crippen LogP contribution is 2.26. The van der Waals surface area contributed by atoms with Crippen LogP contribution in [0, 0.1) is 0 Å². The van der Waals surface area contributed by atoms with Crippen molar-refractivity contribution >= 4 is 34.2 Å². The van der Waals surface area contributed by atoms with Crippen LogP contribution in [-0.2, 0) is 6.54 Å². The molecule has 0 aliphatic carbocycles. The van der Waals surface area contributed by atoms with Crippen molar-refractivity contribution in [1.29, 1.82) is 0 Å². The molecule has 1 saturated heterocycles. The number of carbonyl (C=O) groups is 1. The fraction of sp³-hybridized carbons (Fsp3) is 0.316. The molecule has 4 rings (SSSR count). The summed E-state index contributed by atoms with van der Waals surface area (Å²) >= 11 is 6.28. The monoisotopic (exact) mass is 369 g/mol. The lowest BCUT2D eigenvalue weighted by Gasteiger charge is -2.36. The number of rotatable bonds is 3. The minimum atomic E-state index is 0.0387. The third-order valence-electron chi connectivity index (χ3n) is 4.82. The van der Waals surface area contributed by atoms with Crippen molar-refractivity contribution in [2.24, 2.45) is 0 Å². The zero-order valence-electron chi connectivity index (χ0n) is 14.6. The van der Waals surface area contributed by atoms with Gasteiger partial charge in [0.05, 0.1) is 16.2 Å². The number of anilines is 1. The Labute approximate surface area is 156 Å². The molecule has 1 aliphatic rings. The Bertz CT molecular complexity index is 946. The van der Waals surface area contributed by atoms with Crippen molar-refractivity contribution < 1.29 is 4.79 Å². The van der Waals surface area contributed by atoms with Crippen LogP contribution in [0.1, 0.15) is 17.3 Å². The lowest BCUT2D eigenvalue weighted by atomic mass is 10.1. The summed E-state index contributed by atoms with van der Waals surface area (Å²) in [5.41, 5.74) is 3.39. The number of nitrogens with zero attached hydrogens (tertiary/aromatic N) is 5. The van der Waals surface area contributed by atoms with Gasteiger partial charge in [0, 0.05) is 38.3 Å². The molecule has 2 heterocycles. The van der Waals surface area contributed by atoms with Crippen molar-refractivity contribution in [2.75, 3.05) is 31.1 Å². The summed E-state index contributed by atoms with van der Waals surface area (Å²) in [4.78, 5) is 17.0. The maximum atomic E-state index is 12.9. The molecule has 0 bridgehead atoms. The summed E-state index contributed by atoms with van der Waals surface area (Å²) in [6.45, 7) is 5.65. The zero-order valence-corrected chi connectivity index (χ0v) is 15.4. The SMILES string of the molecule is CCn1nnc2cc(C(=O)N3CCN(c4ccccc4Cl)CC3)ccc21. The fourth-order valence-electron chi connectivity index (χ4n) is 3.38. The second kappa shape index (κ2) is 6.96. The molecule has 2 aromatic carbocycles. The number of fused-ring (bicyclic) bond motifs is 1. The highest BCUT2D eigenvalue weighted by molar-refractivity contribution is 6.33. The molecule has 0 atom stereocenters. The Balaban J connectivity index is 1.47. The fourth-order valence-corrected chi connectivity index (χ4v) is 3.64. The van der Waals surface area contributed by atoms with Crippen LogP contribution >= 0.6 is 11.6 Å². The standard InChI is InChI=1S/C19H20ClN5O/c1-2-25-18-8-7-14(13-16(18)21-22-25)19(26)24-11-9-23(10-12-24)17-6-4-3-5-15(17)20/h3-8,13H,2,9-12H2,1H3. The van der Waals surface area contributed by atoms with E-state index in [1.54, 1.807) is 0 Å². The molecule has 0 radical (unpaired) electrons. The van der Waals surface area contributed by atoms with E-state index in [4.69, 9.17) is 11.6 Å². The maximum absolute atomic E-state index is 12.9. The smallest absolute Gasteiger partial charge is 0.254 e. The van der Waals surface area contributed by atoms with Gasteiger partial charge in [-0.3, -0.25) is 4.79 Å². The Morgan fingerprint density at radius 2 is 1.88 bits per heavy atom. The van der Waals surface area contributed by atoms with Crippen LogP contribution in [0.4, 0.5) is 5.69 Å². The van der Waals surface area contributed by atoms with Crippen molar-refractivity contribution in [2.45, 2.75) is 13.5 Å². The first kappa shape index (κ1) is 16.8. The molecule has 7 heteroatoms. The van der Waals surface area contributed by atoms with Crippen molar-refractivity contribution in [3.8, 4) is 0 Å². The molecule has 1 aromatic heterocycles. The lowest BCUT2D eigenvalue weighted by Crippen LogP contribution is -2.48. The van der Waals surface area contributed by atoms with Gasteiger partial charge in [-0.15, -0.1) is 5.10 Å². The van der Waals surface area contributed by atoms with Gasteiger partial charge >= 0.3 is 0 Å². The molecule has 26 heavy (non-hydrogen) atoms. The minimum absolute atomic E-state index is 0.0387. The topological polar surface area (TPSA) is 54.3 Å². The number of hydrogen-bond donors (Lipinski definition) is 0. The van der Waals surface area contributed by atoms with Gasteiger partial charge in [-0.2, -0.15) is 0 Å². The summed E-state index contributed by atoms with van der Waals surface area (Å²) in [5, 5.41) is 9.01. The van der Waals surface area contributed by atoms with Gasteiger partial charge in [0.15, 0.2) is 0 Å². The van der Waals surface area contributed by atoms with Crippen LogP contribution in [-0.4, -0.2) is 52.0 Å². The summed E-state index contributed by atoms with van der Waals surface area (Å²) in [6.07, 6.45) is 0. The first-order chi connectivity index (χ1) is 12.7. The zero-order chi connectivity index (χ0) is 18.1. The van der Waals surface area contributed by atoms with E-state index in [9.17, 15) is 4.79 Å². The first-order valence-electron chi connectivity index (χ1n) is 8.79. The van der Waals surface area contributed by atoms with E-state index in [-0.39, 0.29) is 5.91 Å². The Morgan fingerprint density at radius 1 is 1.12 bits per heavy atom.